The van der Waals surface area contributed by atoms with Gasteiger partial charge in [0, 0.05) is 31.2 Å². The number of benzene rings is 1. The van der Waals surface area contributed by atoms with E-state index in [1.165, 1.54) is 38.4 Å². The maximum absolute atomic E-state index is 13.4. The third-order valence-electron chi connectivity index (χ3n) is 5.70. The molecule has 1 atom stereocenters. The second-order valence-corrected chi connectivity index (χ2v) is 7.77. The molecule has 166 valence electrons. The fraction of sp³-hybridized carbons (Fsp3) is 0.250. The molecule has 1 unspecified atom stereocenters. The number of nitrogens with one attached hydrogen (secondary N) is 1. The van der Waals surface area contributed by atoms with Gasteiger partial charge in [-0.3, -0.25) is 28.3 Å². The molecule has 3 heterocycles. The molecule has 1 aromatic heterocycles. The number of hydrogen-bond acceptors (Lipinski definition) is 7. The Bertz CT molecular complexity index is 1360. The number of Topliss-reactive ketones (excluding diaryl/α,β-unsaturated/α-hetero) is 1. The number of aliphatic hydroxyl groups is 2. The SMILES string of the molecule is Cn1c2c(c(=O)n(C)c1=O)C1(C(=O)N2)/C(=C(\O)c2ccc(Cl)cc2)C(=O)C(=O)N1CCO. The summed E-state index contributed by atoms with van der Waals surface area (Å²) in [7, 11) is 2.48. The number of β-amino-alcohol motifs (C(OH)–C–C–N with tert-alkyl or cyclic N) is 1. The molecule has 2 amide bonds. The van der Waals surface area contributed by atoms with Crippen LogP contribution in [0.3, 0.4) is 0 Å². The lowest BCUT2D eigenvalue weighted by molar-refractivity contribution is -0.143. The number of anilines is 1. The molecule has 32 heavy (non-hydrogen) atoms. The Hall–Kier alpha value is -3.70. The predicted octanol–water partition coefficient (Wildman–Crippen LogP) is -0.742. The molecular formula is C20H17ClN4O7. The van der Waals surface area contributed by atoms with Crippen LogP contribution in [0.1, 0.15) is 11.1 Å². The average molecular weight is 461 g/mol. The monoisotopic (exact) mass is 460 g/mol. The van der Waals surface area contributed by atoms with Crippen LogP contribution in [0.15, 0.2) is 39.4 Å². The molecule has 2 aliphatic heterocycles. The van der Waals surface area contributed by atoms with Crippen molar-refractivity contribution in [3.63, 3.8) is 0 Å². The van der Waals surface area contributed by atoms with Crippen LogP contribution in [0.5, 0.6) is 0 Å². The van der Waals surface area contributed by atoms with Crippen molar-refractivity contribution in [3.05, 3.63) is 66.8 Å². The smallest absolute Gasteiger partial charge is 0.332 e. The highest BCUT2D eigenvalue weighted by atomic mass is 35.5. The van der Waals surface area contributed by atoms with Crippen LogP contribution in [0.2, 0.25) is 5.02 Å². The lowest BCUT2D eigenvalue weighted by Crippen LogP contribution is -2.53. The normalized spacial score (nSPS) is 21.4. The summed E-state index contributed by atoms with van der Waals surface area (Å²) in [6.45, 7) is -1.12. The molecule has 0 aliphatic carbocycles. The Morgan fingerprint density at radius 2 is 1.69 bits per heavy atom. The van der Waals surface area contributed by atoms with E-state index in [-0.39, 0.29) is 16.9 Å². The molecule has 0 bridgehead atoms. The van der Waals surface area contributed by atoms with Crippen molar-refractivity contribution in [3.8, 4) is 0 Å². The van der Waals surface area contributed by atoms with Crippen LogP contribution in [0.4, 0.5) is 5.82 Å². The van der Waals surface area contributed by atoms with E-state index in [1.807, 2.05) is 0 Å². The zero-order valence-electron chi connectivity index (χ0n) is 16.9. The number of aromatic nitrogens is 2. The first-order valence-electron chi connectivity index (χ1n) is 9.37. The third-order valence-corrected chi connectivity index (χ3v) is 5.95. The van der Waals surface area contributed by atoms with E-state index in [0.717, 1.165) is 14.0 Å². The molecular weight excluding hydrogens is 444 g/mol. The molecule has 0 radical (unpaired) electrons. The molecule has 11 nitrogen and oxygen atoms in total. The van der Waals surface area contributed by atoms with Gasteiger partial charge in [-0.1, -0.05) is 11.6 Å². The quantitative estimate of drug-likeness (QED) is 0.310. The maximum atomic E-state index is 13.4. The topological polar surface area (TPSA) is 151 Å². The number of nitrogens with zero attached hydrogens (tertiary/aromatic N) is 3. The van der Waals surface area contributed by atoms with Crippen molar-refractivity contribution in [2.45, 2.75) is 5.54 Å². The van der Waals surface area contributed by atoms with Gasteiger partial charge in [-0.15, -0.1) is 0 Å². The molecule has 1 spiro atoms. The largest absolute Gasteiger partial charge is 0.507 e. The van der Waals surface area contributed by atoms with Gasteiger partial charge in [0.2, 0.25) is 0 Å². The van der Waals surface area contributed by atoms with Crippen molar-refractivity contribution >= 4 is 40.8 Å². The third kappa shape index (κ3) is 2.55. The number of hydrogen-bond donors (Lipinski definition) is 3. The molecule has 3 N–H and O–H groups in total. The number of amides is 2. The zero-order chi connectivity index (χ0) is 23.5. The summed E-state index contributed by atoms with van der Waals surface area (Å²) in [4.78, 5) is 65.6. The second kappa shape index (κ2) is 7.18. The summed E-state index contributed by atoms with van der Waals surface area (Å²) >= 11 is 5.88. The highest BCUT2D eigenvalue weighted by Gasteiger charge is 2.67. The van der Waals surface area contributed by atoms with Gasteiger partial charge in [-0.2, -0.15) is 0 Å². The standard InChI is InChI=1S/C20H17ClN4O7/c1-23-15-12(16(29)24(2)19(23)32)20(18(31)22-15)11(14(28)17(30)25(20)7-8-26)13(27)9-3-5-10(21)6-4-9/h3-6,26-27H,7-8H2,1-2H3,(H,22,31)/b13-11-. The predicted molar refractivity (Wildman–Crippen MR) is 112 cm³/mol. The van der Waals surface area contributed by atoms with Crippen LogP contribution in [0, 0.1) is 0 Å². The lowest BCUT2D eigenvalue weighted by atomic mass is 9.82. The number of fused-ring (bicyclic) bond motifs is 2. The summed E-state index contributed by atoms with van der Waals surface area (Å²) < 4.78 is 1.72. The number of carbonyl (C=O) groups is 3. The minimum Gasteiger partial charge on any atom is -0.507 e. The van der Waals surface area contributed by atoms with Crippen molar-refractivity contribution < 1.29 is 24.6 Å². The number of rotatable bonds is 3. The summed E-state index contributed by atoms with van der Waals surface area (Å²) in [6, 6.07) is 5.60. The van der Waals surface area contributed by atoms with Gasteiger partial charge in [0.1, 0.15) is 11.6 Å². The highest BCUT2D eigenvalue weighted by molar-refractivity contribution is 6.49. The Labute approximate surface area is 184 Å². The van der Waals surface area contributed by atoms with Gasteiger partial charge >= 0.3 is 5.69 Å². The van der Waals surface area contributed by atoms with E-state index in [0.29, 0.717) is 5.02 Å². The van der Waals surface area contributed by atoms with E-state index in [4.69, 9.17) is 11.6 Å². The number of ketones is 1. The molecule has 4 rings (SSSR count). The van der Waals surface area contributed by atoms with Gasteiger partial charge < -0.3 is 20.4 Å². The number of aliphatic hydroxyl groups excluding tert-OH is 2. The van der Waals surface area contributed by atoms with E-state index in [2.05, 4.69) is 5.32 Å². The zero-order valence-corrected chi connectivity index (χ0v) is 17.6. The summed E-state index contributed by atoms with van der Waals surface area (Å²) in [5, 5.41) is 23.3. The Kier molecular flexibility index (Phi) is 4.83. The fourth-order valence-electron chi connectivity index (χ4n) is 4.21. The lowest BCUT2D eigenvalue weighted by Gasteiger charge is -2.32. The van der Waals surface area contributed by atoms with Crippen molar-refractivity contribution in [2.24, 2.45) is 14.1 Å². The first-order valence-corrected chi connectivity index (χ1v) is 9.75. The first kappa shape index (κ1) is 21.5. The van der Waals surface area contributed by atoms with E-state index in [9.17, 15) is 34.2 Å². The Morgan fingerprint density at radius 1 is 1.06 bits per heavy atom. The van der Waals surface area contributed by atoms with Crippen molar-refractivity contribution in [1.29, 1.82) is 0 Å². The summed E-state index contributed by atoms with van der Waals surface area (Å²) in [5.74, 6) is -4.32. The second-order valence-electron chi connectivity index (χ2n) is 7.33. The Balaban J connectivity index is 2.18. The fourth-order valence-corrected chi connectivity index (χ4v) is 4.33. The van der Waals surface area contributed by atoms with E-state index in [1.54, 1.807) is 0 Å². The minimum atomic E-state index is -2.38. The molecule has 1 saturated heterocycles. The summed E-state index contributed by atoms with van der Waals surface area (Å²) in [5.41, 5.74) is -5.02. The first-order chi connectivity index (χ1) is 15.1. The molecule has 12 heteroatoms. The molecule has 0 saturated carbocycles. The number of likely N-dealkylation sites (tertiary alicyclic amines) is 1. The van der Waals surface area contributed by atoms with Gasteiger partial charge in [0.15, 0.2) is 5.54 Å². The molecule has 1 fully saturated rings. The van der Waals surface area contributed by atoms with Gasteiger partial charge in [-0.25, -0.2) is 4.79 Å². The van der Waals surface area contributed by atoms with Crippen molar-refractivity contribution in [2.75, 3.05) is 18.5 Å². The average Bonchev–Trinajstić information content (AvgIpc) is 3.18. The maximum Gasteiger partial charge on any atom is 0.332 e. The van der Waals surface area contributed by atoms with E-state index < -0.39 is 58.9 Å². The molecule has 2 aliphatic rings. The van der Waals surface area contributed by atoms with Crippen LogP contribution in [-0.4, -0.2) is 55.0 Å². The van der Waals surface area contributed by atoms with Crippen LogP contribution in [-0.2, 0) is 34.0 Å². The van der Waals surface area contributed by atoms with E-state index >= 15 is 0 Å². The van der Waals surface area contributed by atoms with Crippen LogP contribution >= 0.6 is 11.6 Å². The minimum absolute atomic E-state index is 0.0682. The number of halogens is 1. The van der Waals surface area contributed by atoms with Gasteiger partial charge in [-0.05, 0) is 24.3 Å². The highest BCUT2D eigenvalue weighted by Crippen LogP contribution is 2.49. The van der Waals surface area contributed by atoms with Crippen LogP contribution in [0.25, 0.3) is 5.76 Å². The van der Waals surface area contributed by atoms with Crippen molar-refractivity contribution in [1.82, 2.24) is 14.0 Å². The van der Waals surface area contributed by atoms with Gasteiger partial charge in [0.25, 0.3) is 23.2 Å². The Morgan fingerprint density at radius 3 is 2.28 bits per heavy atom. The van der Waals surface area contributed by atoms with Gasteiger partial charge in [0.05, 0.1) is 17.7 Å². The number of carbonyl (C=O) groups excluding carboxylic acids is 3. The summed E-state index contributed by atoms with van der Waals surface area (Å²) in [6.07, 6.45) is 0. The molecule has 1 aromatic carbocycles. The molecule has 2 aromatic rings. The van der Waals surface area contributed by atoms with Crippen LogP contribution < -0.4 is 16.6 Å².